The number of hydrogen-bond acceptors (Lipinski definition) is 3. The SMILES string of the molecule is Cc1cc(C(=O)N2CCCCC2C)sc1C#CCO. The van der Waals surface area contributed by atoms with E-state index in [-0.39, 0.29) is 12.5 Å². The summed E-state index contributed by atoms with van der Waals surface area (Å²) in [5, 5.41) is 8.73. The zero-order valence-corrected chi connectivity index (χ0v) is 12.2. The van der Waals surface area contributed by atoms with Crippen LogP contribution in [0, 0.1) is 18.8 Å². The van der Waals surface area contributed by atoms with Crippen LogP contribution < -0.4 is 0 Å². The number of aryl methyl sites for hydroxylation is 1. The highest BCUT2D eigenvalue weighted by Crippen LogP contribution is 2.25. The zero-order valence-electron chi connectivity index (χ0n) is 11.4. The number of aliphatic hydroxyl groups is 1. The van der Waals surface area contributed by atoms with E-state index in [1.165, 1.54) is 17.8 Å². The molecule has 1 amide bonds. The minimum Gasteiger partial charge on any atom is -0.384 e. The fraction of sp³-hybridized carbons (Fsp3) is 0.533. The van der Waals surface area contributed by atoms with Crippen molar-refractivity contribution in [1.29, 1.82) is 0 Å². The largest absolute Gasteiger partial charge is 0.384 e. The molecular weight excluding hydrogens is 258 g/mol. The Morgan fingerprint density at radius 1 is 1.58 bits per heavy atom. The molecule has 0 spiro atoms. The molecule has 1 atom stereocenters. The molecule has 19 heavy (non-hydrogen) atoms. The van der Waals surface area contributed by atoms with Crippen molar-refractivity contribution in [3.8, 4) is 11.8 Å². The van der Waals surface area contributed by atoms with Crippen molar-refractivity contribution < 1.29 is 9.90 Å². The van der Waals surface area contributed by atoms with Crippen molar-refractivity contribution in [2.75, 3.05) is 13.2 Å². The minimum atomic E-state index is -0.149. The van der Waals surface area contributed by atoms with Crippen LogP contribution >= 0.6 is 11.3 Å². The fourth-order valence-electron chi connectivity index (χ4n) is 2.37. The monoisotopic (exact) mass is 277 g/mol. The molecule has 1 aliphatic rings. The first kappa shape index (κ1) is 14.1. The van der Waals surface area contributed by atoms with Gasteiger partial charge in [-0.05, 0) is 44.7 Å². The van der Waals surface area contributed by atoms with Gasteiger partial charge < -0.3 is 10.0 Å². The van der Waals surface area contributed by atoms with E-state index in [4.69, 9.17) is 5.11 Å². The van der Waals surface area contributed by atoms with E-state index in [0.29, 0.717) is 6.04 Å². The van der Waals surface area contributed by atoms with Crippen LogP contribution in [0.4, 0.5) is 0 Å². The van der Waals surface area contributed by atoms with Crippen LogP contribution in [0.5, 0.6) is 0 Å². The van der Waals surface area contributed by atoms with E-state index in [0.717, 1.165) is 34.7 Å². The van der Waals surface area contributed by atoms with Crippen LogP contribution in [-0.2, 0) is 0 Å². The Labute approximate surface area is 118 Å². The molecule has 0 bridgehead atoms. The van der Waals surface area contributed by atoms with E-state index in [1.807, 2.05) is 17.9 Å². The van der Waals surface area contributed by atoms with Gasteiger partial charge in [-0.15, -0.1) is 11.3 Å². The van der Waals surface area contributed by atoms with Gasteiger partial charge >= 0.3 is 0 Å². The number of piperidine rings is 1. The molecule has 1 N–H and O–H groups in total. The maximum Gasteiger partial charge on any atom is 0.264 e. The molecule has 2 rings (SSSR count). The summed E-state index contributed by atoms with van der Waals surface area (Å²) in [4.78, 5) is 16.1. The first-order chi connectivity index (χ1) is 9.13. The maximum absolute atomic E-state index is 12.5. The molecule has 3 nitrogen and oxygen atoms in total. The van der Waals surface area contributed by atoms with Gasteiger partial charge in [-0.2, -0.15) is 0 Å². The van der Waals surface area contributed by atoms with Crippen molar-refractivity contribution >= 4 is 17.2 Å². The second-order valence-corrected chi connectivity index (χ2v) is 5.98. The lowest BCUT2D eigenvalue weighted by Gasteiger charge is -2.33. The topological polar surface area (TPSA) is 40.5 Å². The first-order valence-electron chi connectivity index (χ1n) is 6.64. The summed E-state index contributed by atoms with van der Waals surface area (Å²) >= 11 is 1.43. The summed E-state index contributed by atoms with van der Waals surface area (Å²) in [7, 11) is 0. The van der Waals surface area contributed by atoms with Crippen LogP contribution in [-0.4, -0.2) is 35.1 Å². The molecule has 1 fully saturated rings. The van der Waals surface area contributed by atoms with Crippen LogP contribution in [0.2, 0.25) is 0 Å². The molecule has 1 aromatic heterocycles. The van der Waals surface area contributed by atoms with Crippen LogP contribution in [0.15, 0.2) is 6.07 Å². The Morgan fingerprint density at radius 2 is 2.37 bits per heavy atom. The maximum atomic E-state index is 12.5. The minimum absolute atomic E-state index is 0.123. The Balaban J connectivity index is 2.19. The average Bonchev–Trinajstić information content (AvgIpc) is 2.77. The number of amides is 1. The summed E-state index contributed by atoms with van der Waals surface area (Å²) in [6, 6.07) is 2.24. The van der Waals surface area contributed by atoms with Gasteiger partial charge in [0.15, 0.2) is 0 Å². The first-order valence-corrected chi connectivity index (χ1v) is 7.46. The highest BCUT2D eigenvalue weighted by Gasteiger charge is 2.25. The second-order valence-electron chi connectivity index (χ2n) is 4.93. The van der Waals surface area contributed by atoms with Gasteiger partial charge in [0.1, 0.15) is 6.61 Å². The molecule has 0 aliphatic carbocycles. The Bertz CT molecular complexity index is 524. The number of carbonyl (C=O) groups is 1. The Morgan fingerprint density at radius 3 is 3.05 bits per heavy atom. The third-order valence-corrected chi connectivity index (χ3v) is 4.61. The lowest BCUT2D eigenvalue weighted by atomic mass is 10.0. The van der Waals surface area contributed by atoms with Gasteiger partial charge in [0.2, 0.25) is 0 Å². The number of likely N-dealkylation sites (tertiary alicyclic amines) is 1. The van der Waals surface area contributed by atoms with Gasteiger partial charge in [0.25, 0.3) is 5.91 Å². The molecule has 1 saturated heterocycles. The number of hydrogen-bond donors (Lipinski definition) is 1. The predicted octanol–water partition coefficient (Wildman–Crippen LogP) is 2.41. The summed E-state index contributed by atoms with van der Waals surface area (Å²) in [5.41, 5.74) is 1.01. The normalized spacial score (nSPS) is 18.9. The van der Waals surface area contributed by atoms with Crippen molar-refractivity contribution in [3.63, 3.8) is 0 Å². The molecular formula is C15H19NO2S. The summed E-state index contributed by atoms with van der Waals surface area (Å²) < 4.78 is 0. The van der Waals surface area contributed by atoms with Crippen molar-refractivity contribution in [3.05, 3.63) is 21.4 Å². The number of thiophene rings is 1. The van der Waals surface area contributed by atoms with E-state index >= 15 is 0 Å². The van der Waals surface area contributed by atoms with Gasteiger partial charge in [-0.25, -0.2) is 0 Å². The third-order valence-electron chi connectivity index (χ3n) is 3.47. The second kappa shape index (κ2) is 6.23. The van der Waals surface area contributed by atoms with E-state index < -0.39 is 0 Å². The number of aliphatic hydroxyl groups excluding tert-OH is 1. The van der Waals surface area contributed by atoms with Gasteiger partial charge in [-0.3, -0.25) is 4.79 Å². The summed E-state index contributed by atoms with van der Waals surface area (Å²) in [6.07, 6.45) is 3.40. The molecule has 1 unspecified atom stereocenters. The number of rotatable bonds is 1. The van der Waals surface area contributed by atoms with Crippen LogP contribution in [0.1, 0.15) is 46.3 Å². The third kappa shape index (κ3) is 3.17. The van der Waals surface area contributed by atoms with E-state index in [1.54, 1.807) is 0 Å². The lowest BCUT2D eigenvalue weighted by Crippen LogP contribution is -2.41. The molecule has 1 aliphatic heterocycles. The van der Waals surface area contributed by atoms with Gasteiger partial charge in [-0.1, -0.05) is 11.8 Å². The highest BCUT2D eigenvalue weighted by molar-refractivity contribution is 7.14. The molecule has 0 radical (unpaired) electrons. The predicted molar refractivity (Wildman–Crippen MR) is 77.4 cm³/mol. The number of nitrogens with zero attached hydrogens (tertiary/aromatic N) is 1. The lowest BCUT2D eigenvalue weighted by molar-refractivity contribution is 0.0640. The van der Waals surface area contributed by atoms with Crippen LogP contribution in [0.25, 0.3) is 0 Å². The van der Waals surface area contributed by atoms with Gasteiger partial charge in [0.05, 0.1) is 9.75 Å². The molecule has 1 aromatic rings. The number of carbonyl (C=O) groups excluding carboxylic acids is 1. The van der Waals surface area contributed by atoms with Crippen molar-refractivity contribution in [2.45, 2.75) is 39.2 Å². The van der Waals surface area contributed by atoms with Crippen LogP contribution in [0.3, 0.4) is 0 Å². The molecule has 102 valence electrons. The molecule has 0 saturated carbocycles. The average molecular weight is 277 g/mol. The molecule has 2 heterocycles. The van der Waals surface area contributed by atoms with Gasteiger partial charge in [0, 0.05) is 12.6 Å². The summed E-state index contributed by atoms with van der Waals surface area (Å²) in [6.45, 7) is 4.77. The highest BCUT2D eigenvalue weighted by atomic mass is 32.1. The van der Waals surface area contributed by atoms with Crippen molar-refractivity contribution in [1.82, 2.24) is 4.90 Å². The Hall–Kier alpha value is -1.31. The van der Waals surface area contributed by atoms with E-state index in [9.17, 15) is 4.79 Å². The zero-order chi connectivity index (χ0) is 13.8. The summed E-state index contributed by atoms with van der Waals surface area (Å²) in [5.74, 6) is 5.66. The quantitative estimate of drug-likeness (QED) is 0.801. The standard InChI is InChI=1S/C15H19NO2S/c1-11-10-14(19-13(11)7-5-9-17)15(18)16-8-4-3-6-12(16)2/h10,12,17H,3-4,6,8-9H2,1-2H3. The fourth-order valence-corrected chi connectivity index (χ4v) is 3.38. The molecule has 0 aromatic carbocycles. The molecule has 4 heteroatoms. The van der Waals surface area contributed by atoms with E-state index in [2.05, 4.69) is 18.8 Å². The smallest absolute Gasteiger partial charge is 0.264 e. The van der Waals surface area contributed by atoms with Crippen molar-refractivity contribution in [2.24, 2.45) is 0 Å². The Kier molecular flexibility index (Phi) is 4.62.